The van der Waals surface area contributed by atoms with E-state index in [2.05, 4.69) is 0 Å². The van der Waals surface area contributed by atoms with Crippen molar-refractivity contribution >= 4 is 17.8 Å². The number of aliphatic hydroxyl groups excluding tert-OH is 1. The van der Waals surface area contributed by atoms with Crippen LogP contribution in [0.4, 0.5) is 0 Å². The fraction of sp³-hybridized carbons (Fsp3) is 0.444. The van der Waals surface area contributed by atoms with Crippen LogP contribution in [0.15, 0.2) is 18.2 Å². The normalized spacial score (nSPS) is 23.2. The van der Waals surface area contributed by atoms with Crippen LogP contribution in [0.1, 0.15) is 54.9 Å². The van der Waals surface area contributed by atoms with Crippen molar-refractivity contribution in [2.45, 2.75) is 51.2 Å². The van der Waals surface area contributed by atoms with Gasteiger partial charge in [0.1, 0.15) is 23.2 Å². The van der Waals surface area contributed by atoms with Crippen molar-refractivity contribution in [3.63, 3.8) is 0 Å². The number of hydrogen-bond acceptors (Lipinski definition) is 6. The Kier molecular flexibility index (Phi) is 5.98. The summed E-state index contributed by atoms with van der Waals surface area (Å²) in [4.78, 5) is 24.1. The third kappa shape index (κ3) is 4.58. The van der Waals surface area contributed by atoms with Crippen LogP contribution in [-0.4, -0.2) is 39.3 Å². The third-order valence-corrected chi connectivity index (χ3v) is 3.95. The van der Waals surface area contributed by atoms with E-state index in [9.17, 15) is 24.9 Å². The first-order valence-electron chi connectivity index (χ1n) is 8.02. The van der Waals surface area contributed by atoms with Crippen molar-refractivity contribution in [2.75, 3.05) is 0 Å². The molecule has 6 heteroatoms. The molecule has 2 unspecified atom stereocenters. The maximum atomic E-state index is 12.3. The van der Waals surface area contributed by atoms with Crippen molar-refractivity contribution in [3.05, 3.63) is 29.3 Å². The number of phenolic OH excluding ortho intramolecular Hbond substituents is 2. The number of rotatable bonds is 0. The Morgan fingerprint density at radius 1 is 1.17 bits per heavy atom. The number of aromatic hydroxyl groups is 2. The van der Waals surface area contributed by atoms with Gasteiger partial charge in [-0.15, -0.1) is 0 Å². The number of cyclic esters (lactones) is 1. The number of ketones is 1. The summed E-state index contributed by atoms with van der Waals surface area (Å²) in [6.45, 7) is 1.71. The zero-order valence-electron chi connectivity index (χ0n) is 13.6. The summed E-state index contributed by atoms with van der Waals surface area (Å²) in [5.74, 6) is -1.42. The Morgan fingerprint density at radius 2 is 1.92 bits per heavy atom. The first-order valence-corrected chi connectivity index (χ1v) is 8.02. The van der Waals surface area contributed by atoms with Crippen molar-refractivity contribution in [1.82, 2.24) is 0 Å². The van der Waals surface area contributed by atoms with Gasteiger partial charge in [-0.3, -0.25) is 4.79 Å². The summed E-state index contributed by atoms with van der Waals surface area (Å²) in [7, 11) is 0. The van der Waals surface area contributed by atoms with Crippen molar-refractivity contribution in [1.29, 1.82) is 0 Å². The average molecular weight is 334 g/mol. The van der Waals surface area contributed by atoms with Crippen LogP contribution in [0.25, 0.3) is 6.08 Å². The van der Waals surface area contributed by atoms with Gasteiger partial charge in [0, 0.05) is 12.5 Å². The number of Topliss-reactive ketones (excluding diaryl/α,β-unsaturated/α-hetero) is 1. The molecule has 0 spiro atoms. The number of ether oxygens (including phenoxy) is 1. The van der Waals surface area contributed by atoms with E-state index in [1.165, 1.54) is 6.07 Å². The van der Waals surface area contributed by atoms with Crippen molar-refractivity contribution in [2.24, 2.45) is 0 Å². The molecule has 6 nitrogen and oxygen atoms in total. The number of esters is 1. The minimum absolute atomic E-state index is 0.00964. The van der Waals surface area contributed by atoms with E-state index >= 15 is 0 Å². The molecule has 0 saturated heterocycles. The Labute approximate surface area is 140 Å². The summed E-state index contributed by atoms with van der Waals surface area (Å²) >= 11 is 0. The number of allylic oxidation sites excluding steroid dienone is 1. The average Bonchev–Trinajstić information content (AvgIpc) is 2.49. The van der Waals surface area contributed by atoms with E-state index in [-0.39, 0.29) is 35.7 Å². The number of benzene rings is 1. The molecule has 0 radical (unpaired) electrons. The molecule has 0 aliphatic carbocycles. The van der Waals surface area contributed by atoms with Crippen molar-refractivity contribution in [3.8, 4) is 11.5 Å². The predicted octanol–water partition coefficient (Wildman–Crippen LogP) is 2.55. The number of hydrogen-bond donors (Lipinski definition) is 3. The fourth-order valence-corrected chi connectivity index (χ4v) is 2.64. The topological polar surface area (TPSA) is 104 Å². The molecule has 1 heterocycles. The highest BCUT2D eigenvalue weighted by atomic mass is 16.5. The van der Waals surface area contributed by atoms with Crippen molar-refractivity contribution < 1.29 is 29.6 Å². The Hall–Kier alpha value is -2.34. The van der Waals surface area contributed by atoms with Gasteiger partial charge >= 0.3 is 5.97 Å². The molecule has 3 N–H and O–H groups in total. The van der Waals surface area contributed by atoms with Gasteiger partial charge in [-0.25, -0.2) is 4.79 Å². The molecule has 0 saturated carbocycles. The molecule has 1 aromatic rings. The number of carbonyl (C=O) groups excluding carboxylic acids is 2. The second-order valence-electron chi connectivity index (χ2n) is 6.00. The van der Waals surface area contributed by atoms with Gasteiger partial charge < -0.3 is 20.1 Å². The highest BCUT2D eigenvalue weighted by Crippen LogP contribution is 2.30. The van der Waals surface area contributed by atoms with E-state index in [4.69, 9.17) is 4.74 Å². The summed E-state index contributed by atoms with van der Waals surface area (Å²) in [6.07, 6.45) is 3.73. The quantitative estimate of drug-likeness (QED) is 0.630. The molecule has 2 rings (SSSR count). The lowest BCUT2D eigenvalue weighted by Crippen LogP contribution is -2.21. The van der Waals surface area contributed by atoms with Gasteiger partial charge in [-0.1, -0.05) is 12.2 Å². The van der Waals surface area contributed by atoms with Gasteiger partial charge in [-0.2, -0.15) is 0 Å². The van der Waals surface area contributed by atoms with Crippen LogP contribution in [-0.2, 0) is 9.53 Å². The molecule has 130 valence electrons. The fourth-order valence-electron chi connectivity index (χ4n) is 2.64. The van der Waals surface area contributed by atoms with E-state index in [1.54, 1.807) is 19.1 Å². The molecule has 1 aliphatic heterocycles. The minimum atomic E-state index is -1.01. The molecule has 0 aromatic heterocycles. The van der Waals surface area contributed by atoms with Crippen LogP contribution in [0.2, 0.25) is 0 Å². The molecule has 1 aromatic carbocycles. The van der Waals surface area contributed by atoms with E-state index in [1.807, 2.05) is 0 Å². The lowest BCUT2D eigenvalue weighted by Gasteiger charge is -2.16. The molecule has 24 heavy (non-hydrogen) atoms. The number of aliphatic hydroxyl groups is 1. The Balaban J connectivity index is 2.34. The van der Waals surface area contributed by atoms with E-state index in [0.29, 0.717) is 24.8 Å². The van der Waals surface area contributed by atoms with Crippen LogP contribution in [0.3, 0.4) is 0 Å². The maximum Gasteiger partial charge on any atom is 0.342 e. The van der Waals surface area contributed by atoms with E-state index < -0.39 is 18.2 Å². The third-order valence-electron chi connectivity index (χ3n) is 3.95. The highest BCUT2D eigenvalue weighted by molar-refractivity contribution is 5.97. The van der Waals surface area contributed by atoms with Crippen LogP contribution in [0.5, 0.6) is 11.5 Å². The lowest BCUT2D eigenvalue weighted by atomic mass is 10.0. The SMILES string of the molecule is CC1CCCC(=O)C(O)CCC=Cc2cc(O)cc(O)c2C(=O)O1. The summed E-state index contributed by atoms with van der Waals surface area (Å²) < 4.78 is 5.32. The monoisotopic (exact) mass is 334 g/mol. The Bertz CT molecular complexity index is 649. The van der Waals surface area contributed by atoms with Gasteiger partial charge in [0.15, 0.2) is 5.78 Å². The van der Waals surface area contributed by atoms with E-state index in [0.717, 1.165) is 6.07 Å². The van der Waals surface area contributed by atoms with Crippen LogP contribution < -0.4 is 0 Å². The molecular weight excluding hydrogens is 312 g/mol. The summed E-state index contributed by atoms with van der Waals surface area (Å²) in [5, 5.41) is 29.5. The lowest BCUT2D eigenvalue weighted by molar-refractivity contribution is -0.127. The number of fused-ring (bicyclic) bond motifs is 1. The standard InChI is InChI=1S/C18H22O6/c1-11-5-4-8-15(21)14(20)7-3-2-6-12-9-13(19)10-16(22)17(12)18(23)24-11/h2,6,9-11,14,19-20,22H,3-5,7-8H2,1H3. The first kappa shape index (κ1) is 18.0. The molecule has 0 amide bonds. The molecule has 0 bridgehead atoms. The maximum absolute atomic E-state index is 12.3. The second kappa shape index (κ2) is 7.97. The summed E-state index contributed by atoms with van der Waals surface area (Å²) in [5.41, 5.74) is 0.312. The van der Waals surface area contributed by atoms with Gasteiger partial charge in [0.25, 0.3) is 0 Å². The van der Waals surface area contributed by atoms with Gasteiger partial charge in [-0.05, 0) is 44.2 Å². The number of phenols is 2. The zero-order chi connectivity index (χ0) is 17.7. The van der Waals surface area contributed by atoms with Gasteiger partial charge in [0.05, 0.1) is 6.10 Å². The molecule has 2 atom stereocenters. The van der Waals surface area contributed by atoms with Crippen LogP contribution in [0, 0.1) is 0 Å². The van der Waals surface area contributed by atoms with Gasteiger partial charge in [0.2, 0.25) is 0 Å². The first-order chi connectivity index (χ1) is 11.4. The predicted molar refractivity (Wildman–Crippen MR) is 87.8 cm³/mol. The molecular formula is C18H22O6. The second-order valence-corrected chi connectivity index (χ2v) is 6.00. The molecule has 0 fully saturated rings. The minimum Gasteiger partial charge on any atom is -0.508 e. The Morgan fingerprint density at radius 3 is 2.67 bits per heavy atom. The number of carbonyl (C=O) groups is 2. The summed E-state index contributed by atoms with van der Waals surface area (Å²) in [6, 6.07) is 2.44. The highest BCUT2D eigenvalue weighted by Gasteiger charge is 2.21. The van der Waals surface area contributed by atoms with Crippen LogP contribution >= 0.6 is 0 Å². The molecule has 1 aliphatic rings. The smallest absolute Gasteiger partial charge is 0.342 e. The zero-order valence-corrected chi connectivity index (χ0v) is 13.6. The largest absolute Gasteiger partial charge is 0.508 e.